The minimum atomic E-state index is -0.608. The van der Waals surface area contributed by atoms with Gasteiger partial charge in [-0.3, -0.25) is 4.79 Å². The molecule has 1 aliphatic rings. The molecule has 1 heterocycles. The van der Waals surface area contributed by atoms with Gasteiger partial charge < -0.3 is 15.0 Å². The summed E-state index contributed by atoms with van der Waals surface area (Å²) in [5, 5.41) is 0. The molecule has 1 aromatic rings. The van der Waals surface area contributed by atoms with Crippen LogP contribution >= 0.6 is 0 Å². The summed E-state index contributed by atoms with van der Waals surface area (Å²) in [6, 6.07) is -0.608. The fourth-order valence-electron chi connectivity index (χ4n) is 2.01. The first-order valence-corrected chi connectivity index (χ1v) is 4.93. The Balaban J connectivity index is 2.28. The van der Waals surface area contributed by atoms with E-state index in [0.717, 1.165) is 18.7 Å². The molecule has 82 valence electrons. The van der Waals surface area contributed by atoms with Gasteiger partial charge in [0.15, 0.2) is 0 Å². The van der Waals surface area contributed by atoms with Gasteiger partial charge in [0.2, 0.25) is 0 Å². The van der Waals surface area contributed by atoms with Crippen molar-refractivity contribution in [3.63, 3.8) is 0 Å². The maximum atomic E-state index is 11.4. The van der Waals surface area contributed by atoms with Gasteiger partial charge in [-0.05, 0) is 12.8 Å². The molecule has 0 amide bonds. The lowest BCUT2D eigenvalue weighted by Gasteiger charge is -2.20. The standard InChI is InChI=1S/C10H15N3O2/c1-13-6-5-12-9(13)10(3-4-10)7(11)8(14)15-2/h5-7H,3-4,11H2,1-2H3. The molecule has 5 heteroatoms. The molecule has 0 radical (unpaired) electrons. The molecule has 1 aliphatic carbocycles. The van der Waals surface area contributed by atoms with Crippen LogP contribution in [0, 0.1) is 0 Å². The van der Waals surface area contributed by atoms with E-state index in [2.05, 4.69) is 9.72 Å². The summed E-state index contributed by atoms with van der Waals surface area (Å²) in [6.45, 7) is 0. The molecule has 15 heavy (non-hydrogen) atoms. The summed E-state index contributed by atoms with van der Waals surface area (Å²) < 4.78 is 6.59. The lowest BCUT2D eigenvalue weighted by molar-refractivity contribution is -0.143. The van der Waals surface area contributed by atoms with E-state index in [0.29, 0.717) is 0 Å². The topological polar surface area (TPSA) is 70.1 Å². The van der Waals surface area contributed by atoms with Crippen molar-refractivity contribution >= 4 is 5.97 Å². The second-order valence-corrected chi connectivity index (χ2v) is 4.02. The Morgan fingerprint density at radius 2 is 2.40 bits per heavy atom. The highest BCUT2D eigenvalue weighted by Gasteiger charge is 2.55. The van der Waals surface area contributed by atoms with Crippen LogP contribution in [-0.2, 0) is 22.0 Å². The molecule has 0 bridgehead atoms. The number of carbonyl (C=O) groups is 1. The van der Waals surface area contributed by atoms with E-state index in [1.54, 1.807) is 6.20 Å². The molecule has 2 rings (SSSR count). The summed E-state index contributed by atoms with van der Waals surface area (Å²) in [5.74, 6) is 0.510. The zero-order valence-corrected chi connectivity index (χ0v) is 8.93. The van der Waals surface area contributed by atoms with E-state index < -0.39 is 6.04 Å². The lowest BCUT2D eigenvalue weighted by atomic mass is 9.96. The number of nitrogens with two attached hydrogens (primary N) is 1. The fourth-order valence-corrected chi connectivity index (χ4v) is 2.01. The van der Waals surface area contributed by atoms with Crippen LogP contribution in [0.1, 0.15) is 18.7 Å². The van der Waals surface area contributed by atoms with Gasteiger partial charge in [0.05, 0.1) is 12.5 Å². The van der Waals surface area contributed by atoms with Crippen molar-refractivity contribution in [3.05, 3.63) is 18.2 Å². The van der Waals surface area contributed by atoms with E-state index in [4.69, 9.17) is 5.73 Å². The third kappa shape index (κ3) is 1.43. The van der Waals surface area contributed by atoms with Gasteiger partial charge in [-0.25, -0.2) is 4.98 Å². The van der Waals surface area contributed by atoms with Gasteiger partial charge in [-0.2, -0.15) is 0 Å². The summed E-state index contributed by atoms with van der Waals surface area (Å²) in [7, 11) is 3.27. The molecule has 1 unspecified atom stereocenters. The number of methoxy groups -OCH3 is 1. The van der Waals surface area contributed by atoms with Crippen LogP contribution in [0.25, 0.3) is 0 Å². The Labute approximate surface area is 88.2 Å². The highest BCUT2D eigenvalue weighted by atomic mass is 16.5. The van der Waals surface area contributed by atoms with Gasteiger partial charge in [-0.15, -0.1) is 0 Å². The van der Waals surface area contributed by atoms with Crippen molar-refractivity contribution in [3.8, 4) is 0 Å². The molecule has 5 nitrogen and oxygen atoms in total. The number of aryl methyl sites for hydroxylation is 1. The third-order valence-corrected chi connectivity index (χ3v) is 3.11. The number of carbonyl (C=O) groups excluding carboxylic acids is 1. The van der Waals surface area contributed by atoms with Crippen molar-refractivity contribution < 1.29 is 9.53 Å². The Kier molecular flexibility index (Phi) is 2.26. The zero-order chi connectivity index (χ0) is 11.1. The maximum absolute atomic E-state index is 11.4. The predicted octanol–water partition coefficient (Wildman–Crippen LogP) is -0.0480. The van der Waals surface area contributed by atoms with Gasteiger partial charge in [0, 0.05) is 19.4 Å². The normalized spacial score (nSPS) is 19.7. The van der Waals surface area contributed by atoms with Gasteiger partial charge in [-0.1, -0.05) is 0 Å². The molecule has 0 saturated heterocycles. The summed E-state index contributed by atoms with van der Waals surface area (Å²) in [6.07, 6.45) is 5.38. The van der Waals surface area contributed by atoms with Gasteiger partial charge in [0.1, 0.15) is 11.9 Å². The van der Waals surface area contributed by atoms with E-state index >= 15 is 0 Å². The fraction of sp³-hybridized carbons (Fsp3) is 0.600. The van der Waals surface area contributed by atoms with Crippen molar-refractivity contribution in [2.24, 2.45) is 12.8 Å². The average Bonchev–Trinajstić information content (AvgIpc) is 2.94. The first-order valence-electron chi connectivity index (χ1n) is 4.93. The second kappa shape index (κ2) is 3.34. The lowest BCUT2D eigenvalue weighted by Crippen LogP contribution is -2.44. The van der Waals surface area contributed by atoms with Crippen LogP contribution in [0.15, 0.2) is 12.4 Å². The molecule has 0 aromatic carbocycles. The number of esters is 1. The number of aromatic nitrogens is 2. The molecule has 1 saturated carbocycles. The molecular formula is C10H15N3O2. The van der Waals surface area contributed by atoms with E-state index in [1.165, 1.54) is 7.11 Å². The van der Waals surface area contributed by atoms with Crippen LogP contribution in [-0.4, -0.2) is 28.7 Å². The Hall–Kier alpha value is -1.36. The first-order chi connectivity index (χ1) is 7.12. The molecule has 0 spiro atoms. The predicted molar refractivity (Wildman–Crippen MR) is 54.1 cm³/mol. The highest BCUT2D eigenvalue weighted by Crippen LogP contribution is 2.49. The molecular weight excluding hydrogens is 194 g/mol. The van der Waals surface area contributed by atoms with Gasteiger partial charge >= 0.3 is 5.97 Å². The Morgan fingerprint density at radius 1 is 1.73 bits per heavy atom. The monoisotopic (exact) mass is 209 g/mol. The second-order valence-electron chi connectivity index (χ2n) is 4.02. The van der Waals surface area contributed by atoms with Crippen molar-refractivity contribution in [1.82, 2.24) is 9.55 Å². The van der Waals surface area contributed by atoms with Gasteiger partial charge in [0.25, 0.3) is 0 Å². The summed E-state index contributed by atoms with van der Waals surface area (Å²) in [5.41, 5.74) is 5.60. The number of imidazole rings is 1. The Morgan fingerprint density at radius 3 is 2.80 bits per heavy atom. The van der Waals surface area contributed by atoms with Crippen LogP contribution in [0.5, 0.6) is 0 Å². The summed E-state index contributed by atoms with van der Waals surface area (Å²) >= 11 is 0. The maximum Gasteiger partial charge on any atom is 0.323 e. The number of hydrogen-bond acceptors (Lipinski definition) is 4. The average molecular weight is 209 g/mol. The summed E-state index contributed by atoms with van der Waals surface area (Å²) in [4.78, 5) is 15.7. The van der Waals surface area contributed by atoms with E-state index in [9.17, 15) is 4.79 Å². The van der Waals surface area contributed by atoms with Crippen molar-refractivity contribution in [2.45, 2.75) is 24.3 Å². The molecule has 2 N–H and O–H groups in total. The molecule has 1 fully saturated rings. The van der Waals surface area contributed by atoms with E-state index in [1.807, 2.05) is 17.8 Å². The van der Waals surface area contributed by atoms with E-state index in [-0.39, 0.29) is 11.4 Å². The Bertz CT molecular complexity index is 382. The zero-order valence-electron chi connectivity index (χ0n) is 8.93. The van der Waals surface area contributed by atoms with Crippen LogP contribution in [0.4, 0.5) is 0 Å². The molecule has 1 aromatic heterocycles. The smallest absolute Gasteiger partial charge is 0.323 e. The first kappa shape index (κ1) is 10.2. The number of rotatable bonds is 3. The molecule has 0 aliphatic heterocycles. The van der Waals surface area contributed by atoms with Crippen LogP contribution in [0.2, 0.25) is 0 Å². The van der Waals surface area contributed by atoms with Crippen molar-refractivity contribution in [1.29, 1.82) is 0 Å². The SMILES string of the molecule is COC(=O)C(N)C1(c2nccn2C)CC1. The largest absolute Gasteiger partial charge is 0.468 e. The highest BCUT2D eigenvalue weighted by molar-refractivity contribution is 5.78. The number of nitrogens with zero attached hydrogens (tertiary/aromatic N) is 2. The minimum Gasteiger partial charge on any atom is -0.468 e. The number of ether oxygens (including phenoxy) is 1. The number of hydrogen-bond donors (Lipinski definition) is 1. The van der Waals surface area contributed by atoms with Crippen molar-refractivity contribution in [2.75, 3.05) is 7.11 Å². The third-order valence-electron chi connectivity index (χ3n) is 3.11. The van der Waals surface area contributed by atoms with Crippen LogP contribution < -0.4 is 5.73 Å². The van der Waals surface area contributed by atoms with Crippen LogP contribution in [0.3, 0.4) is 0 Å². The molecule has 1 atom stereocenters. The minimum absolute atomic E-state index is 0.300. The quantitative estimate of drug-likeness (QED) is 0.709.